The molecule has 6 nitrogen and oxygen atoms in total. The fourth-order valence-electron chi connectivity index (χ4n) is 4.08. The number of aromatic amines is 1. The Bertz CT molecular complexity index is 1010. The number of pyridine rings is 2. The first-order valence-electron chi connectivity index (χ1n) is 9.11. The van der Waals surface area contributed by atoms with Gasteiger partial charge in [-0.05, 0) is 30.5 Å². The van der Waals surface area contributed by atoms with E-state index in [9.17, 15) is 0 Å². The standard InChI is InChI=1S/C20H22N6/c1-13(2)20(25-12-21)26-9-3-4-14(11-26)15-5-7-22-17-10-24-19-16(18(15)17)6-8-23-19/h5-8,10,13-14H,3-4,9,11H2,1-2H3,(H,23,24)/b25-20+. The minimum atomic E-state index is 0.239. The molecule has 3 aromatic heterocycles. The summed E-state index contributed by atoms with van der Waals surface area (Å²) in [7, 11) is 0. The smallest absolute Gasteiger partial charge is 0.207 e. The van der Waals surface area contributed by atoms with Gasteiger partial charge in [0.25, 0.3) is 0 Å². The normalized spacial score (nSPS) is 18.6. The molecule has 0 spiro atoms. The highest BCUT2D eigenvalue weighted by atomic mass is 15.2. The maximum atomic E-state index is 9.05. The number of nitrogens with zero attached hydrogens (tertiary/aromatic N) is 5. The molecule has 1 fully saturated rings. The first kappa shape index (κ1) is 16.5. The number of nitriles is 1. The predicted molar refractivity (Wildman–Crippen MR) is 103 cm³/mol. The molecule has 0 aromatic carbocycles. The van der Waals surface area contributed by atoms with Gasteiger partial charge in [-0.1, -0.05) is 13.8 Å². The van der Waals surface area contributed by atoms with Gasteiger partial charge in [0.05, 0.1) is 11.7 Å². The molecular formula is C20H22N6. The summed E-state index contributed by atoms with van der Waals surface area (Å²) in [6, 6.07) is 4.21. The van der Waals surface area contributed by atoms with E-state index in [4.69, 9.17) is 5.26 Å². The molecule has 1 atom stereocenters. The molecule has 0 saturated carbocycles. The Morgan fingerprint density at radius 1 is 1.38 bits per heavy atom. The maximum Gasteiger partial charge on any atom is 0.207 e. The predicted octanol–water partition coefficient (Wildman–Crippen LogP) is 3.83. The van der Waals surface area contributed by atoms with Gasteiger partial charge < -0.3 is 9.88 Å². The molecule has 0 aliphatic carbocycles. The molecular weight excluding hydrogens is 324 g/mol. The fourth-order valence-corrected chi connectivity index (χ4v) is 4.08. The van der Waals surface area contributed by atoms with Crippen LogP contribution in [0.4, 0.5) is 0 Å². The number of piperidine rings is 1. The SMILES string of the molecule is CC(C)/C(=N\C#N)N1CCCC(c2ccnc3cnc4[nH]ccc4c23)C1. The Kier molecular flexibility index (Phi) is 4.29. The molecule has 0 radical (unpaired) electrons. The molecule has 26 heavy (non-hydrogen) atoms. The number of fused-ring (bicyclic) bond motifs is 3. The van der Waals surface area contributed by atoms with Gasteiger partial charge >= 0.3 is 0 Å². The number of H-pyrrole nitrogens is 1. The van der Waals surface area contributed by atoms with Gasteiger partial charge in [-0.15, -0.1) is 0 Å². The van der Waals surface area contributed by atoms with Gasteiger partial charge in [-0.25, -0.2) is 4.98 Å². The van der Waals surface area contributed by atoms with Crippen LogP contribution in [0.5, 0.6) is 0 Å². The number of aliphatic imine (C=N–C) groups is 1. The Hall–Kier alpha value is -2.94. The van der Waals surface area contributed by atoms with E-state index < -0.39 is 0 Å². The van der Waals surface area contributed by atoms with Crippen LogP contribution in [0.3, 0.4) is 0 Å². The third-order valence-corrected chi connectivity index (χ3v) is 5.19. The molecule has 0 bridgehead atoms. The zero-order valence-electron chi connectivity index (χ0n) is 15.1. The molecule has 1 N–H and O–H groups in total. The molecule has 0 amide bonds. The third-order valence-electron chi connectivity index (χ3n) is 5.19. The molecule has 1 aliphatic heterocycles. The lowest BCUT2D eigenvalue weighted by molar-refractivity contribution is 0.300. The van der Waals surface area contributed by atoms with E-state index in [-0.39, 0.29) is 5.92 Å². The van der Waals surface area contributed by atoms with Crippen LogP contribution in [0, 0.1) is 17.4 Å². The Morgan fingerprint density at radius 2 is 2.27 bits per heavy atom. The average Bonchev–Trinajstić information content (AvgIpc) is 3.14. The van der Waals surface area contributed by atoms with Crippen molar-refractivity contribution in [2.45, 2.75) is 32.6 Å². The zero-order chi connectivity index (χ0) is 18.1. The Balaban J connectivity index is 1.77. The van der Waals surface area contributed by atoms with Crippen LogP contribution in [0.25, 0.3) is 21.9 Å². The van der Waals surface area contributed by atoms with Crippen LogP contribution in [-0.2, 0) is 0 Å². The molecule has 1 saturated heterocycles. The van der Waals surface area contributed by atoms with Crippen LogP contribution < -0.4 is 0 Å². The van der Waals surface area contributed by atoms with Crippen LogP contribution in [0.2, 0.25) is 0 Å². The highest BCUT2D eigenvalue weighted by molar-refractivity contribution is 6.05. The summed E-state index contributed by atoms with van der Waals surface area (Å²) in [5.74, 6) is 1.52. The molecule has 6 heteroatoms. The van der Waals surface area contributed by atoms with E-state index in [0.717, 1.165) is 48.3 Å². The molecule has 3 aromatic rings. The van der Waals surface area contributed by atoms with Crippen molar-refractivity contribution in [3.05, 3.63) is 36.3 Å². The van der Waals surface area contributed by atoms with Crippen molar-refractivity contribution in [2.24, 2.45) is 10.9 Å². The summed E-state index contributed by atoms with van der Waals surface area (Å²) in [4.78, 5) is 18.6. The van der Waals surface area contributed by atoms with Crippen molar-refractivity contribution in [1.82, 2.24) is 19.9 Å². The summed E-state index contributed by atoms with van der Waals surface area (Å²) in [5, 5.41) is 11.4. The van der Waals surface area contributed by atoms with Crippen molar-refractivity contribution in [2.75, 3.05) is 13.1 Å². The number of likely N-dealkylation sites (tertiary alicyclic amines) is 1. The van der Waals surface area contributed by atoms with Gasteiger partial charge in [0.1, 0.15) is 11.5 Å². The number of nitrogens with one attached hydrogen (secondary N) is 1. The fraction of sp³-hybridized carbons (Fsp3) is 0.400. The highest BCUT2D eigenvalue weighted by Gasteiger charge is 2.26. The second-order valence-electron chi connectivity index (χ2n) is 7.17. The van der Waals surface area contributed by atoms with Gasteiger partial charge in [-0.2, -0.15) is 10.3 Å². The molecule has 1 aliphatic rings. The molecule has 132 valence electrons. The van der Waals surface area contributed by atoms with Crippen LogP contribution in [0.1, 0.15) is 38.2 Å². The van der Waals surface area contributed by atoms with Gasteiger partial charge in [0.15, 0.2) is 0 Å². The zero-order valence-corrected chi connectivity index (χ0v) is 15.1. The van der Waals surface area contributed by atoms with E-state index in [1.807, 2.05) is 24.8 Å². The number of hydrogen-bond acceptors (Lipinski definition) is 4. The largest absolute Gasteiger partial charge is 0.359 e. The van der Waals surface area contributed by atoms with Crippen LogP contribution in [-0.4, -0.2) is 38.8 Å². The number of amidine groups is 1. The minimum Gasteiger partial charge on any atom is -0.359 e. The van der Waals surface area contributed by atoms with Crippen molar-refractivity contribution in [3.8, 4) is 6.19 Å². The number of aromatic nitrogens is 3. The van der Waals surface area contributed by atoms with Crippen molar-refractivity contribution < 1.29 is 0 Å². The third kappa shape index (κ3) is 2.80. The second kappa shape index (κ2) is 6.75. The van der Waals surface area contributed by atoms with Gasteiger partial charge in [-0.3, -0.25) is 4.98 Å². The molecule has 4 heterocycles. The Morgan fingerprint density at radius 3 is 3.08 bits per heavy atom. The number of rotatable bonds is 2. The highest BCUT2D eigenvalue weighted by Crippen LogP contribution is 2.34. The average molecular weight is 346 g/mol. The number of hydrogen-bond donors (Lipinski definition) is 1. The summed E-state index contributed by atoms with van der Waals surface area (Å²) in [6.07, 6.45) is 9.84. The Labute approximate surface area is 152 Å². The van der Waals surface area contributed by atoms with E-state index in [1.54, 1.807) is 0 Å². The summed E-state index contributed by atoms with van der Waals surface area (Å²) >= 11 is 0. The lowest BCUT2D eigenvalue weighted by Crippen LogP contribution is -2.41. The van der Waals surface area contributed by atoms with Crippen molar-refractivity contribution >= 4 is 27.8 Å². The topological polar surface area (TPSA) is 81.0 Å². The minimum absolute atomic E-state index is 0.239. The van der Waals surface area contributed by atoms with E-state index in [0.29, 0.717) is 5.92 Å². The quantitative estimate of drug-likeness (QED) is 0.434. The lowest BCUT2D eigenvalue weighted by atomic mass is 9.87. The van der Waals surface area contributed by atoms with Crippen LogP contribution >= 0.6 is 0 Å². The van der Waals surface area contributed by atoms with Crippen molar-refractivity contribution in [3.63, 3.8) is 0 Å². The van der Waals surface area contributed by atoms with E-state index in [2.05, 4.69) is 50.8 Å². The van der Waals surface area contributed by atoms with Crippen molar-refractivity contribution in [1.29, 1.82) is 5.26 Å². The van der Waals surface area contributed by atoms with Crippen LogP contribution in [0.15, 0.2) is 35.7 Å². The first-order chi connectivity index (χ1) is 12.7. The summed E-state index contributed by atoms with van der Waals surface area (Å²) in [6.45, 7) is 6.03. The van der Waals surface area contributed by atoms with E-state index >= 15 is 0 Å². The monoisotopic (exact) mass is 346 g/mol. The van der Waals surface area contributed by atoms with E-state index in [1.165, 1.54) is 10.9 Å². The second-order valence-corrected chi connectivity index (χ2v) is 7.17. The van der Waals surface area contributed by atoms with Gasteiger partial charge in [0, 0.05) is 48.1 Å². The molecule has 4 rings (SSSR count). The van der Waals surface area contributed by atoms with Gasteiger partial charge in [0.2, 0.25) is 6.19 Å². The lowest BCUT2D eigenvalue weighted by Gasteiger charge is -2.36. The maximum absolute atomic E-state index is 9.05. The molecule has 1 unspecified atom stereocenters. The first-order valence-corrected chi connectivity index (χ1v) is 9.11. The summed E-state index contributed by atoms with van der Waals surface area (Å²) in [5.41, 5.74) is 3.14. The summed E-state index contributed by atoms with van der Waals surface area (Å²) < 4.78 is 0.